The van der Waals surface area contributed by atoms with Crippen molar-refractivity contribution in [2.75, 3.05) is 10.6 Å². The second-order valence-corrected chi connectivity index (χ2v) is 6.45. The van der Waals surface area contributed by atoms with Crippen LogP contribution in [-0.4, -0.2) is 25.7 Å². The number of carbonyl (C=O) groups is 1. The van der Waals surface area contributed by atoms with Crippen LogP contribution in [0, 0.1) is 0 Å². The number of benzene rings is 2. The van der Waals surface area contributed by atoms with Crippen LogP contribution >= 0.6 is 0 Å². The Morgan fingerprint density at radius 3 is 2.59 bits per heavy atom. The zero-order valence-electron chi connectivity index (χ0n) is 15.9. The molecule has 0 bridgehead atoms. The molecule has 7 heteroatoms. The first-order valence-corrected chi connectivity index (χ1v) is 9.24. The van der Waals surface area contributed by atoms with Crippen molar-refractivity contribution in [3.8, 4) is 0 Å². The fourth-order valence-electron chi connectivity index (χ4n) is 2.89. The fourth-order valence-corrected chi connectivity index (χ4v) is 2.89. The molecule has 2 aromatic carbocycles. The number of hydrogen-bond donors (Lipinski definition) is 2. The minimum atomic E-state index is -0.145. The maximum Gasteiger partial charge on any atom is 0.248 e. The summed E-state index contributed by atoms with van der Waals surface area (Å²) in [5, 5.41) is 11.3. The molecular formula is C22H20N6O. The average Bonchev–Trinajstić information content (AvgIpc) is 3.12. The summed E-state index contributed by atoms with van der Waals surface area (Å²) >= 11 is 0. The smallest absolute Gasteiger partial charge is 0.248 e. The number of fused-ring (bicyclic) bond motifs is 1. The molecule has 0 atom stereocenters. The number of para-hydroxylation sites is 1. The third kappa shape index (κ3) is 4.47. The van der Waals surface area contributed by atoms with E-state index in [4.69, 9.17) is 0 Å². The summed E-state index contributed by atoms with van der Waals surface area (Å²) in [6.07, 6.45) is 6.71. The van der Waals surface area contributed by atoms with E-state index in [1.165, 1.54) is 6.08 Å². The zero-order valence-corrected chi connectivity index (χ0v) is 15.9. The van der Waals surface area contributed by atoms with Gasteiger partial charge in [0.2, 0.25) is 11.9 Å². The van der Waals surface area contributed by atoms with Crippen molar-refractivity contribution >= 4 is 34.3 Å². The Kier molecular flexibility index (Phi) is 5.29. The average molecular weight is 384 g/mol. The minimum Gasteiger partial charge on any atom is -0.324 e. The molecule has 144 valence electrons. The SMILES string of the molecule is C/C=C/C(=O)Nc1ccc(Cn2ncc3cnc(Nc4ccccc4)nc32)cc1. The highest BCUT2D eigenvalue weighted by atomic mass is 16.1. The fraction of sp³-hybridized carbons (Fsp3) is 0.0909. The highest BCUT2D eigenvalue weighted by Gasteiger charge is 2.08. The summed E-state index contributed by atoms with van der Waals surface area (Å²) in [5.41, 5.74) is 3.48. The summed E-state index contributed by atoms with van der Waals surface area (Å²) in [4.78, 5) is 20.6. The first-order chi connectivity index (χ1) is 14.2. The molecule has 4 aromatic rings. The number of hydrogen-bond acceptors (Lipinski definition) is 5. The van der Waals surface area contributed by atoms with E-state index in [2.05, 4.69) is 25.7 Å². The standard InChI is InChI=1S/C22H20N6O/c1-2-6-20(29)25-19-11-9-16(10-12-19)15-28-21-17(14-24-28)13-23-22(27-21)26-18-7-4-3-5-8-18/h2-14H,15H2,1H3,(H,25,29)(H,23,26,27)/b6-2+. The van der Waals surface area contributed by atoms with E-state index in [0.29, 0.717) is 12.5 Å². The Morgan fingerprint density at radius 1 is 1.03 bits per heavy atom. The molecule has 0 aliphatic rings. The maximum absolute atomic E-state index is 11.6. The first-order valence-electron chi connectivity index (χ1n) is 9.24. The number of nitrogens with zero attached hydrogens (tertiary/aromatic N) is 4. The number of aromatic nitrogens is 4. The lowest BCUT2D eigenvalue weighted by atomic mass is 10.2. The molecule has 2 aromatic heterocycles. The van der Waals surface area contributed by atoms with Crippen LogP contribution in [0.4, 0.5) is 17.3 Å². The van der Waals surface area contributed by atoms with E-state index in [1.54, 1.807) is 25.4 Å². The summed E-state index contributed by atoms with van der Waals surface area (Å²) in [5.74, 6) is 0.376. The van der Waals surface area contributed by atoms with Gasteiger partial charge in [-0.05, 0) is 42.8 Å². The lowest BCUT2D eigenvalue weighted by Gasteiger charge is -2.07. The van der Waals surface area contributed by atoms with Gasteiger partial charge in [-0.1, -0.05) is 36.4 Å². The second-order valence-electron chi connectivity index (χ2n) is 6.45. The third-order valence-corrected chi connectivity index (χ3v) is 4.28. The van der Waals surface area contributed by atoms with Gasteiger partial charge in [0.25, 0.3) is 0 Å². The van der Waals surface area contributed by atoms with Gasteiger partial charge in [0.05, 0.1) is 18.1 Å². The van der Waals surface area contributed by atoms with E-state index < -0.39 is 0 Å². The molecule has 7 nitrogen and oxygen atoms in total. The van der Waals surface area contributed by atoms with Crippen molar-refractivity contribution in [1.29, 1.82) is 0 Å². The third-order valence-electron chi connectivity index (χ3n) is 4.28. The van der Waals surface area contributed by atoms with Crippen LogP contribution in [-0.2, 0) is 11.3 Å². The number of anilines is 3. The van der Waals surface area contributed by atoms with Crippen molar-refractivity contribution in [2.24, 2.45) is 0 Å². The Balaban J connectivity index is 1.52. The number of allylic oxidation sites excluding steroid dienone is 1. The highest BCUT2D eigenvalue weighted by Crippen LogP contribution is 2.18. The minimum absolute atomic E-state index is 0.145. The normalized spacial score (nSPS) is 11.1. The van der Waals surface area contributed by atoms with Crippen molar-refractivity contribution in [2.45, 2.75) is 13.5 Å². The predicted molar refractivity (Wildman–Crippen MR) is 114 cm³/mol. The molecule has 0 saturated carbocycles. The molecule has 29 heavy (non-hydrogen) atoms. The van der Waals surface area contributed by atoms with Crippen molar-refractivity contribution in [3.63, 3.8) is 0 Å². The molecule has 0 fully saturated rings. The number of rotatable bonds is 6. The molecule has 0 aliphatic heterocycles. The van der Waals surface area contributed by atoms with Gasteiger partial charge < -0.3 is 10.6 Å². The molecule has 0 saturated heterocycles. The van der Waals surface area contributed by atoms with Crippen LogP contribution in [0.25, 0.3) is 11.0 Å². The van der Waals surface area contributed by atoms with Crippen LogP contribution in [0.3, 0.4) is 0 Å². The Bertz CT molecular complexity index is 1150. The van der Waals surface area contributed by atoms with E-state index in [-0.39, 0.29) is 5.91 Å². The van der Waals surface area contributed by atoms with E-state index >= 15 is 0 Å². The molecule has 4 rings (SSSR count). The van der Waals surface area contributed by atoms with Gasteiger partial charge >= 0.3 is 0 Å². The van der Waals surface area contributed by atoms with Crippen LogP contribution in [0.5, 0.6) is 0 Å². The molecule has 0 radical (unpaired) electrons. The van der Waals surface area contributed by atoms with Gasteiger partial charge in [-0.3, -0.25) is 4.79 Å². The van der Waals surface area contributed by atoms with Gasteiger partial charge in [0.1, 0.15) is 0 Å². The molecule has 0 unspecified atom stereocenters. The molecular weight excluding hydrogens is 364 g/mol. The zero-order chi connectivity index (χ0) is 20.1. The van der Waals surface area contributed by atoms with Gasteiger partial charge in [0, 0.05) is 17.6 Å². The van der Waals surface area contributed by atoms with Crippen LogP contribution in [0.15, 0.2) is 79.1 Å². The van der Waals surface area contributed by atoms with Gasteiger partial charge in [-0.25, -0.2) is 9.67 Å². The molecule has 2 N–H and O–H groups in total. The van der Waals surface area contributed by atoms with Crippen LogP contribution in [0.1, 0.15) is 12.5 Å². The maximum atomic E-state index is 11.6. The van der Waals surface area contributed by atoms with Gasteiger partial charge in [-0.15, -0.1) is 0 Å². The summed E-state index contributed by atoms with van der Waals surface area (Å²) in [7, 11) is 0. The van der Waals surface area contributed by atoms with Crippen molar-refractivity contribution < 1.29 is 4.79 Å². The topological polar surface area (TPSA) is 84.7 Å². The largest absolute Gasteiger partial charge is 0.324 e. The molecule has 0 aliphatic carbocycles. The lowest BCUT2D eigenvalue weighted by molar-refractivity contribution is -0.111. The number of nitrogens with one attached hydrogen (secondary N) is 2. The van der Waals surface area contributed by atoms with Crippen LogP contribution < -0.4 is 10.6 Å². The number of carbonyl (C=O) groups excluding carboxylic acids is 1. The summed E-state index contributed by atoms with van der Waals surface area (Å²) in [6.45, 7) is 2.37. The molecule has 1 amide bonds. The molecule has 0 spiro atoms. The quantitative estimate of drug-likeness (QED) is 0.488. The first kappa shape index (κ1) is 18.4. The monoisotopic (exact) mass is 384 g/mol. The Morgan fingerprint density at radius 2 is 1.83 bits per heavy atom. The second kappa shape index (κ2) is 8.35. The van der Waals surface area contributed by atoms with E-state index in [9.17, 15) is 4.79 Å². The van der Waals surface area contributed by atoms with E-state index in [1.807, 2.05) is 59.3 Å². The lowest BCUT2D eigenvalue weighted by Crippen LogP contribution is -2.08. The Hall–Kier alpha value is -4.00. The van der Waals surface area contributed by atoms with Gasteiger partial charge in [0.15, 0.2) is 5.65 Å². The van der Waals surface area contributed by atoms with Gasteiger partial charge in [-0.2, -0.15) is 10.1 Å². The predicted octanol–water partition coefficient (Wildman–Crippen LogP) is 4.13. The number of amides is 1. The molecule has 2 heterocycles. The van der Waals surface area contributed by atoms with E-state index in [0.717, 1.165) is 28.0 Å². The van der Waals surface area contributed by atoms with Crippen LogP contribution in [0.2, 0.25) is 0 Å². The summed E-state index contributed by atoms with van der Waals surface area (Å²) < 4.78 is 1.83. The summed E-state index contributed by atoms with van der Waals surface area (Å²) in [6, 6.07) is 17.5. The highest BCUT2D eigenvalue weighted by molar-refractivity contribution is 5.99. The van der Waals surface area contributed by atoms with Crippen molar-refractivity contribution in [1.82, 2.24) is 19.7 Å². The Labute approximate surface area is 168 Å². The van der Waals surface area contributed by atoms with Crippen molar-refractivity contribution in [3.05, 3.63) is 84.7 Å².